The monoisotopic (exact) mass is 321 g/mol. The Bertz CT molecular complexity index is 493. The number of nitrogens with one attached hydrogen (secondary N) is 1. The Kier molecular flexibility index (Phi) is 5.01. The molecule has 2 heterocycles. The molecule has 1 aromatic rings. The lowest BCUT2D eigenvalue weighted by Gasteiger charge is -2.38. The number of piperidine rings is 1. The van der Waals surface area contributed by atoms with Crippen molar-refractivity contribution >= 4 is 5.91 Å². The lowest BCUT2D eigenvalue weighted by Crippen LogP contribution is -2.53. The first-order chi connectivity index (χ1) is 10.3. The first kappa shape index (κ1) is 16.7. The minimum Gasteiger partial charge on any atom is -0.387 e. The van der Waals surface area contributed by atoms with Gasteiger partial charge in [-0.1, -0.05) is 5.21 Å². The first-order valence-corrected chi connectivity index (χ1v) is 6.88. The maximum atomic E-state index is 12.0. The zero-order valence-electron chi connectivity index (χ0n) is 11.9. The van der Waals surface area contributed by atoms with E-state index in [-0.39, 0.29) is 19.6 Å². The van der Waals surface area contributed by atoms with Gasteiger partial charge in [-0.05, 0) is 19.4 Å². The summed E-state index contributed by atoms with van der Waals surface area (Å²) in [6, 6.07) is 0. The Labute approximate surface area is 125 Å². The molecule has 1 unspecified atom stereocenters. The molecule has 1 atom stereocenters. The molecule has 1 saturated heterocycles. The second-order valence-corrected chi connectivity index (χ2v) is 5.53. The summed E-state index contributed by atoms with van der Waals surface area (Å²) in [4.78, 5) is 13.2. The van der Waals surface area contributed by atoms with Crippen LogP contribution < -0.4 is 5.32 Å². The van der Waals surface area contributed by atoms with Gasteiger partial charge >= 0.3 is 6.18 Å². The van der Waals surface area contributed by atoms with Crippen LogP contribution in [0.25, 0.3) is 0 Å². The van der Waals surface area contributed by atoms with Crippen LogP contribution in [0.3, 0.4) is 0 Å². The van der Waals surface area contributed by atoms with Crippen LogP contribution in [0.2, 0.25) is 0 Å². The second kappa shape index (κ2) is 6.61. The number of alkyl halides is 3. The fraction of sp³-hybridized carbons (Fsp3) is 0.750. The molecule has 1 aliphatic heterocycles. The van der Waals surface area contributed by atoms with Crippen molar-refractivity contribution in [3.63, 3.8) is 0 Å². The zero-order chi connectivity index (χ0) is 16.2. The Morgan fingerprint density at radius 3 is 2.86 bits per heavy atom. The van der Waals surface area contributed by atoms with E-state index in [1.165, 1.54) is 10.9 Å². The van der Waals surface area contributed by atoms with Crippen LogP contribution in [0.5, 0.6) is 0 Å². The normalized spacial score (nSPS) is 23.5. The smallest absolute Gasteiger partial charge is 0.387 e. The van der Waals surface area contributed by atoms with E-state index in [2.05, 4.69) is 10.3 Å². The Hall–Kier alpha value is -1.68. The number of nitrogens with zero attached hydrogens (tertiary/aromatic N) is 4. The van der Waals surface area contributed by atoms with Gasteiger partial charge in [0.25, 0.3) is 0 Å². The topological polar surface area (TPSA) is 83.3 Å². The van der Waals surface area contributed by atoms with E-state index in [1.54, 1.807) is 11.1 Å². The maximum absolute atomic E-state index is 12.0. The predicted molar refractivity (Wildman–Crippen MR) is 69.7 cm³/mol. The zero-order valence-corrected chi connectivity index (χ0v) is 11.9. The minimum atomic E-state index is -4.43. The van der Waals surface area contributed by atoms with Gasteiger partial charge in [0.1, 0.15) is 6.54 Å². The van der Waals surface area contributed by atoms with Crippen molar-refractivity contribution in [1.29, 1.82) is 0 Å². The third-order valence-electron chi connectivity index (χ3n) is 3.42. The standard InChI is InChI=1S/C12H18F3N5O2/c13-12(14,15)7-16-10(21)6-19-4-1-2-11(22,8-19)9-20-5-3-17-18-20/h3,5,22H,1-2,4,6-9H2,(H,16,21). The Morgan fingerprint density at radius 2 is 2.23 bits per heavy atom. The van der Waals surface area contributed by atoms with Crippen molar-refractivity contribution < 1.29 is 23.1 Å². The quantitative estimate of drug-likeness (QED) is 0.784. The van der Waals surface area contributed by atoms with Crippen molar-refractivity contribution in [2.24, 2.45) is 0 Å². The van der Waals surface area contributed by atoms with Crippen LogP contribution in [-0.4, -0.2) is 68.9 Å². The van der Waals surface area contributed by atoms with Crippen LogP contribution in [0.1, 0.15) is 12.8 Å². The van der Waals surface area contributed by atoms with E-state index in [9.17, 15) is 23.1 Å². The van der Waals surface area contributed by atoms with Gasteiger partial charge in [0, 0.05) is 12.7 Å². The van der Waals surface area contributed by atoms with Gasteiger partial charge in [-0.25, -0.2) is 4.68 Å². The molecular weight excluding hydrogens is 303 g/mol. The van der Waals surface area contributed by atoms with E-state index in [0.29, 0.717) is 19.4 Å². The number of aliphatic hydroxyl groups is 1. The lowest BCUT2D eigenvalue weighted by molar-refractivity contribution is -0.140. The predicted octanol–water partition coefficient (Wildman–Crippen LogP) is -0.217. The van der Waals surface area contributed by atoms with Crippen LogP contribution in [0, 0.1) is 0 Å². The molecule has 10 heteroatoms. The van der Waals surface area contributed by atoms with Gasteiger partial charge < -0.3 is 10.4 Å². The van der Waals surface area contributed by atoms with Crippen LogP contribution >= 0.6 is 0 Å². The van der Waals surface area contributed by atoms with E-state index in [4.69, 9.17) is 0 Å². The van der Waals surface area contributed by atoms with Crippen LogP contribution in [0.15, 0.2) is 12.4 Å². The molecule has 0 radical (unpaired) electrons. The van der Waals surface area contributed by atoms with Crippen LogP contribution in [0.4, 0.5) is 13.2 Å². The fourth-order valence-electron chi connectivity index (χ4n) is 2.55. The maximum Gasteiger partial charge on any atom is 0.405 e. The summed E-state index contributed by atoms with van der Waals surface area (Å²) in [5.41, 5.74) is -1.07. The molecule has 0 spiro atoms. The molecule has 0 bridgehead atoms. The van der Waals surface area contributed by atoms with Crippen molar-refractivity contribution in [3.05, 3.63) is 12.4 Å². The Balaban J connectivity index is 1.83. The average molecular weight is 321 g/mol. The van der Waals surface area contributed by atoms with Crippen molar-refractivity contribution in [3.8, 4) is 0 Å². The minimum absolute atomic E-state index is 0.171. The molecule has 0 saturated carbocycles. The Morgan fingerprint density at radius 1 is 1.45 bits per heavy atom. The lowest BCUT2D eigenvalue weighted by atomic mass is 9.93. The largest absolute Gasteiger partial charge is 0.405 e. The summed E-state index contributed by atoms with van der Waals surface area (Å²) in [5.74, 6) is -0.706. The number of carbonyl (C=O) groups is 1. The third-order valence-corrected chi connectivity index (χ3v) is 3.42. The highest BCUT2D eigenvalue weighted by Gasteiger charge is 2.35. The molecular formula is C12H18F3N5O2. The summed E-state index contributed by atoms with van der Waals surface area (Å²) in [6.45, 7) is -0.530. The molecule has 1 aliphatic rings. The number of carbonyl (C=O) groups excluding carboxylic acids is 1. The van der Waals surface area contributed by atoms with Crippen LogP contribution in [-0.2, 0) is 11.3 Å². The molecule has 124 valence electrons. The highest BCUT2D eigenvalue weighted by atomic mass is 19.4. The van der Waals surface area contributed by atoms with Gasteiger partial charge in [0.2, 0.25) is 5.91 Å². The molecule has 1 amide bonds. The SMILES string of the molecule is O=C(CN1CCCC(O)(Cn2ccnn2)C1)NCC(F)(F)F. The molecule has 0 aromatic carbocycles. The highest BCUT2D eigenvalue weighted by molar-refractivity contribution is 5.78. The molecule has 1 aromatic heterocycles. The third kappa shape index (κ3) is 5.26. The van der Waals surface area contributed by atoms with Crippen molar-refractivity contribution in [2.45, 2.75) is 31.2 Å². The molecule has 22 heavy (non-hydrogen) atoms. The summed E-state index contributed by atoms with van der Waals surface area (Å²) in [5, 5.41) is 19.8. The number of hydrogen-bond donors (Lipinski definition) is 2. The van der Waals surface area contributed by atoms with Gasteiger partial charge in [0.05, 0.1) is 24.9 Å². The van der Waals surface area contributed by atoms with Gasteiger partial charge in [-0.15, -0.1) is 5.10 Å². The number of β-amino-alcohol motifs (C(OH)–C–C–N with tert-alkyl or cyclic N) is 1. The van der Waals surface area contributed by atoms with Gasteiger partial charge in [-0.2, -0.15) is 13.2 Å². The second-order valence-electron chi connectivity index (χ2n) is 5.53. The summed E-state index contributed by atoms with van der Waals surface area (Å²) in [6.07, 6.45) is -0.127. The van der Waals surface area contributed by atoms with E-state index in [0.717, 1.165) is 0 Å². The van der Waals surface area contributed by atoms with E-state index in [1.807, 2.05) is 5.32 Å². The molecule has 7 nitrogen and oxygen atoms in total. The number of aromatic nitrogens is 3. The molecule has 0 aliphatic carbocycles. The molecule has 1 fully saturated rings. The first-order valence-electron chi connectivity index (χ1n) is 6.88. The van der Waals surface area contributed by atoms with E-state index < -0.39 is 24.2 Å². The number of hydrogen-bond acceptors (Lipinski definition) is 5. The number of halogens is 3. The van der Waals surface area contributed by atoms with Gasteiger partial charge in [-0.3, -0.25) is 9.69 Å². The van der Waals surface area contributed by atoms with Crippen molar-refractivity contribution in [1.82, 2.24) is 25.2 Å². The highest BCUT2D eigenvalue weighted by Crippen LogP contribution is 2.22. The molecule has 2 N–H and O–H groups in total. The molecule has 2 rings (SSSR count). The van der Waals surface area contributed by atoms with Crippen molar-refractivity contribution in [2.75, 3.05) is 26.2 Å². The number of rotatable bonds is 5. The number of likely N-dealkylation sites (tertiary alicyclic amines) is 1. The fourth-order valence-corrected chi connectivity index (χ4v) is 2.55. The summed E-state index contributed by atoms with van der Waals surface area (Å²) >= 11 is 0. The van der Waals surface area contributed by atoms with E-state index >= 15 is 0 Å². The average Bonchev–Trinajstić information content (AvgIpc) is 2.87. The number of amides is 1. The summed E-state index contributed by atoms with van der Waals surface area (Å²) in [7, 11) is 0. The van der Waals surface area contributed by atoms with Gasteiger partial charge in [0.15, 0.2) is 0 Å². The summed E-state index contributed by atoms with van der Waals surface area (Å²) < 4.78 is 37.6.